The van der Waals surface area contributed by atoms with Crippen LogP contribution in [-0.2, 0) is 4.79 Å². The molecule has 0 fully saturated rings. The zero-order valence-electron chi connectivity index (χ0n) is 15.5. The van der Waals surface area contributed by atoms with Gasteiger partial charge in [0.25, 0.3) is 5.91 Å². The van der Waals surface area contributed by atoms with Gasteiger partial charge in [0.2, 0.25) is 5.75 Å². The first-order chi connectivity index (χ1) is 13.0. The zero-order chi connectivity index (χ0) is 19.6. The quantitative estimate of drug-likeness (QED) is 0.640. The van der Waals surface area contributed by atoms with Crippen molar-refractivity contribution in [1.82, 2.24) is 15.5 Å². The molecule has 146 valence electrons. The first-order valence-electron chi connectivity index (χ1n) is 8.54. The van der Waals surface area contributed by atoms with Gasteiger partial charge in [-0.25, -0.2) is 4.79 Å². The van der Waals surface area contributed by atoms with E-state index in [-0.39, 0.29) is 18.5 Å². The van der Waals surface area contributed by atoms with Crippen LogP contribution in [0.1, 0.15) is 18.0 Å². The molecule has 2 heterocycles. The van der Waals surface area contributed by atoms with Crippen LogP contribution >= 0.6 is 0 Å². The molecular weight excluding hydrogens is 354 g/mol. The Morgan fingerprint density at radius 3 is 2.37 bits per heavy atom. The Labute approximate surface area is 156 Å². The Morgan fingerprint density at radius 2 is 1.81 bits per heavy atom. The summed E-state index contributed by atoms with van der Waals surface area (Å²) in [4.78, 5) is 26.6. The molecule has 1 aromatic carbocycles. The Balaban J connectivity index is 2.02. The second-order valence-electron chi connectivity index (χ2n) is 6.19. The lowest BCUT2D eigenvalue weighted by atomic mass is 9.95. The number of nitrogens with zero attached hydrogens (tertiary/aromatic N) is 1. The predicted molar refractivity (Wildman–Crippen MR) is 95.8 cm³/mol. The normalized spacial score (nSPS) is 18.8. The van der Waals surface area contributed by atoms with E-state index in [0.29, 0.717) is 53.6 Å². The number of ether oxygens (including phenoxy) is 3. The van der Waals surface area contributed by atoms with Crippen molar-refractivity contribution in [3.05, 3.63) is 29.0 Å². The molecule has 3 N–H and O–H groups in total. The molecule has 0 unspecified atom stereocenters. The Bertz CT molecular complexity index is 766. The average Bonchev–Trinajstić information content (AvgIpc) is 2.99. The summed E-state index contributed by atoms with van der Waals surface area (Å²) in [5.74, 6) is 1.12. The van der Waals surface area contributed by atoms with Crippen molar-refractivity contribution >= 4 is 11.9 Å². The second-order valence-corrected chi connectivity index (χ2v) is 6.19. The third-order valence-corrected chi connectivity index (χ3v) is 4.63. The van der Waals surface area contributed by atoms with E-state index in [4.69, 9.17) is 19.3 Å². The van der Waals surface area contributed by atoms with Crippen molar-refractivity contribution in [3.8, 4) is 17.2 Å². The van der Waals surface area contributed by atoms with Crippen molar-refractivity contribution in [2.75, 3.05) is 41.0 Å². The molecule has 9 heteroatoms. The Morgan fingerprint density at radius 1 is 1.15 bits per heavy atom. The van der Waals surface area contributed by atoms with Crippen molar-refractivity contribution in [1.29, 1.82) is 0 Å². The molecule has 9 nitrogen and oxygen atoms in total. The number of hydrogen-bond acceptors (Lipinski definition) is 6. The lowest BCUT2D eigenvalue weighted by molar-refractivity contribution is -0.125. The van der Waals surface area contributed by atoms with Crippen LogP contribution in [0, 0.1) is 0 Å². The van der Waals surface area contributed by atoms with Crippen LogP contribution in [-0.4, -0.2) is 63.0 Å². The molecule has 0 aromatic heterocycles. The summed E-state index contributed by atoms with van der Waals surface area (Å²) in [5, 5.41) is 14.5. The number of carbonyl (C=O) groups excluding carboxylic acids is 2. The fourth-order valence-electron chi connectivity index (χ4n) is 3.39. The van der Waals surface area contributed by atoms with E-state index >= 15 is 0 Å². The van der Waals surface area contributed by atoms with Crippen LogP contribution in [0.3, 0.4) is 0 Å². The molecule has 3 rings (SSSR count). The van der Waals surface area contributed by atoms with Crippen molar-refractivity contribution < 1.29 is 28.9 Å². The first-order valence-corrected chi connectivity index (χ1v) is 8.54. The van der Waals surface area contributed by atoms with Crippen molar-refractivity contribution in [2.45, 2.75) is 12.5 Å². The number of benzene rings is 1. The minimum Gasteiger partial charge on any atom is -0.493 e. The largest absolute Gasteiger partial charge is 0.493 e. The van der Waals surface area contributed by atoms with Gasteiger partial charge in [-0.15, -0.1) is 0 Å². The molecule has 27 heavy (non-hydrogen) atoms. The number of amides is 3. The smallest absolute Gasteiger partial charge is 0.319 e. The highest BCUT2D eigenvalue weighted by Gasteiger charge is 2.40. The summed E-state index contributed by atoms with van der Waals surface area (Å²) in [5.41, 5.74) is 1.69. The molecule has 1 atom stereocenters. The van der Waals surface area contributed by atoms with Crippen LogP contribution in [0.2, 0.25) is 0 Å². The summed E-state index contributed by atoms with van der Waals surface area (Å²) in [6.07, 6.45) is 0.475. The highest BCUT2D eigenvalue weighted by Crippen LogP contribution is 2.42. The Kier molecular flexibility index (Phi) is 5.41. The molecule has 0 bridgehead atoms. The standard InChI is InChI=1S/C18H23N3O6/c1-25-12-7-10(8-13(26-2)16(12)27-3)15-14-11(19-18(24)20-15)9-21(17(14)23)5-4-6-22/h7-8,15,22H,4-6,9H2,1-3H3,(H2,19,20,24)/t15-/m0/s1. The van der Waals surface area contributed by atoms with Crippen LogP contribution in [0.5, 0.6) is 17.2 Å². The topological polar surface area (TPSA) is 109 Å². The van der Waals surface area contributed by atoms with Gasteiger partial charge in [-0.3, -0.25) is 4.79 Å². The van der Waals surface area contributed by atoms with Crippen LogP contribution in [0.25, 0.3) is 0 Å². The molecule has 0 aliphatic carbocycles. The highest BCUT2D eigenvalue weighted by atomic mass is 16.5. The predicted octanol–water partition coefficient (Wildman–Crippen LogP) is 0.545. The number of methoxy groups -OCH3 is 3. The van der Waals surface area contributed by atoms with Gasteiger partial charge in [0.1, 0.15) is 0 Å². The third kappa shape index (κ3) is 3.37. The summed E-state index contributed by atoms with van der Waals surface area (Å²) >= 11 is 0. The van der Waals surface area contributed by atoms with Gasteiger partial charge >= 0.3 is 6.03 Å². The number of urea groups is 1. The maximum Gasteiger partial charge on any atom is 0.319 e. The van der Waals surface area contributed by atoms with Gasteiger partial charge in [-0.2, -0.15) is 0 Å². The molecule has 1 aromatic rings. The minimum atomic E-state index is -0.644. The van der Waals surface area contributed by atoms with E-state index < -0.39 is 6.04 Å². The summed E-state index contributed by atoms with van der Waals surface area (Å²) in [7, 11) is 4.51. The molecule has 2 aliphatic rings. The van der Waals surface area contributed by atoms with Crippen LogP contribution < -0.4 is 24.8 Å². The monoisotopic (exact) mass is 377 g/mol. The molecule has 3 amide bonds. The maximum absolute atomic E-state index is 12.9. The molecule has 2 aliphatic heterocycles. The van der Waals surface area contributed by atoms with Crippen molar-refractivity contribution in [3.63, 3.8) is 0 Å². The zero-order valence-corrected chi connectivity index (χ0v) is 15.5. The second kappa shape index (κ2) is 7.75. The van der Waals surface area contributed by atoms with Gasteiger partial charge in [0.15, 0.2) is 11.5 Å². The van der Waals surface area contributed by atoms with E-state index in [1.807, 2.05) is 0 Å². The van der Waals surface area contributed by atoms with Crippen LogP contribution in [0.4, 0.5) is 4.79 Å². The summed E-state index contributed by atoms with van der Waals surface area (Å²) < 4.78 is 16.1. The Hall–Kier alpha value is -2.94. The van der Waals surface area contributed by atoms with Crippen LogP contribution in [0.15, 0.2) is 23.4 Å². The summed E-state index contributed by atoms with van der Waals surface area (Å²) in [6.45, 7) is 0.720. The average molecular weight is 377 g/mol. The highest BCUT2D eigenvalue weighted by molar-refractivity contribution is 6.01. The maximum atomic E-state index is 12.9. The van der Waals surface area contributed by atoms with Gasteiger partial charge in [-0.05, 0) is 24.1 Å². The molecule has 0 spiro atoms. The van der Waals surface area contributed by atoms with E-state index in [1.54, 1.807) is 17.0 Å². The van der Waals surface area contributed by atoms with E-state index in [1.165, 1.54) is 21.3 Å². The lowest BCUT2D eigenvalue weighted by Gasteiger charge is -2.26. The number of rotatable bonds is 7. The van der Waals surface area contributed by atoms with Gasteiger partial charge in [0.05, 0.1) is 45.2 Å². The van der Waals surface area contributed by atoms with Gasteiger partial charge in [-0.1, -0.05) is 0 Å². The van der Waals surface area contributed by atoms with E-state index in [2.05, 4.69) is 10.6 Å². The minimum absolute atomic E-state index is 0.00460. The number of aliphatic hydroxyl groups is 1. The van der Waals surface area contributed by atoms with E-state index in [0.717, 1.165) is 0 Å². The number of hydrogen-bond donors (Lipinski definition) is 3. The van der Waals surface area contributed by atoms with Crippen molar-refractivity contribution in [2.24, 2.45) is 0 Å². The molecule has 0 radical (unpaired) electrons. The fraction of sp³-hybridized carbons (Fsp3) is 0.444. The van der Waals surface area contributed by atoms with E-state index in [9.17, 15) is 9.59 Å². The SMILES string of the molecule is COc1cc([C@@H]2NC(=O)NC3=C2C(=O)N(CCCO)C3)cc(OC)c1OC. The summed E-state index contributed by atoms with van der Waals surface area (Å²) in [6, 6.07) is 2.40. The fourth-order valence-corrected chi connectivity index (χ4v) is 3.39. The number of aliphatic hydroxyl groups excluding tert-OH is 1. The molecule has 0 saturated heterocycles. The third-order valence-electron chi connectivity index (χ3n) is 4.63. The lowest BCUT2D eigenvalue weighted by Crippen LogP contribution is -2.44. The first kappa shape index (κ1) is 18.8. The number of nitrogens with one attached hydrogen (secondary N) is 2. The molecular formula is C18H23N3O6. The van der Waals surface area contributed by atoms with Gasteiger partial charge < -0.3 is 34.9 Å². The number of carbonyl (C=O) groups is 2. The molecule has 0 saturated carbocycles. The van der Waals surface area contributed by atoms with Gasteiger partial charge in [0, 0.05) is 13.2 Å².